The molecule has 0 bridgehead atoms. The van der Waals surface area contributed by atoms with Gasteiger partial charge in [0.15, 0.2) is 0 Å². The van der Waals surface area contributed by atoms with Crippen LogP contribution in [-0.4, -0.2) is 0 Å². The van der Waals surface area contributed by atoms with Gasteiger partial charge in [0.25, 0.3) is 0 Å². The van der Waals surface area contributed by atoms with Gasteiger partial charge in [0, 0.05) is 0 Å². The summed E-state index contributed by atoms with van der Waals surface area (Å²) in [5, 5.41) is 0. The summed E-state index contributed by atoms with van der Waals surface area (Å²) >= 11 is 0. The van der Waals surface area contributed by atoms with Crippen LogP contribution in [0.3, 0.4) is 0 Å². The average Bonchev–Trinajstić information content (AvgIpc) is 3.30. The van der Waals surface area contributed by atoms with E-state index in [1.807, 2.05) is 6.92 Å². The molecule has 0 saturated carbocycles. The molecule has 72 heavy (non-hydrogen) atoms. The number of hydrogen-bond donors (Lipinski definition) is 0. The van der Waals surface area contributed by atoms with Crippen molar-refractivity contribution in [3.63, 3.8) is 0 Å². The van der Waals surface area contributed by atoms with E-state index in [4.69, 9.17) is 0 Å². The molecule has 4 aromatic carbocycles. The molecule has 5 atom stereocenters. The molecule has 0 amide bonds. The van der Waals surface area contributed by atoms with Crippen LogP contribution >= 0.6 is 0 Å². The summed E-state index contributed by atoms with van der Waals surface area (Å²) in [4.78, 5) is 0. The largest absolute Gasteiger partial charge is 0.103 e. The Hall–Kier alpha value is -3.38. The second kappa shape index (κ2) is 42.9. The van der Waals surface area contributed by atoms with Gasteiger partial charge in [-0.2, -0.15) is 0 Å². The number of rotatable bonds is 18. The summed E-state index contributed by atoms with van der Waals surface area (Å²) in [6.07, 6.45) is 9.51. The first-order valence-electron chi connectivity index (χ1n) is 29.4. The lowest BCUT2D eigenvalue weighted by Gasteiger charge is -2.25. The van der Waals surface area contributed by atoms with Gasteiger partial charge in [-0.15, -0.1) is 6.58 Å². The van der Waals surface area contributed by atoms with Crippen LogP contribution in [0.25, 0.3) is 0 Å². The molecule has 0 spiro atoms. The van der Waals surface area contributed by atoms with Crippen LogP contribution < -0.4 is 0 Å². The third-order valence-electron chi connectivity index (χ3n) is 13.1. The summed E-state index contributed by atoms with van der Waals surface area (Å²) in [6, 6.07) is 43.6. The first kappa shape index (κ1) is 72.9. The van der Waals surface area contributed by atoms with E-state index in [1.54, 1.807) is 6.08 Å². The van der Waals surface area contributed by atoms with E-state index >= 15 is 0 Å². The van der Waals surface area contributed by atoms with Crippen molar-refractivity contribution < 1.29 is 0 Å². The SMILES string of the molecule is C=CC.CC(C)C(C)CC(C)(C)C.CC(C)CC(c1ccccc1)C(C)C.CC(C)CC(c1ccccc1)C(C)C.CC(C)CC(c1ccccc1)C(C)C.CC(C)CC(c1ccccc1)C(C)C.CCC. The highest BCUT2D eigenvalue weighted by atomic mass is 14.3. The van der Waals surface area contributed by atoms with Crippen LogP contribution in [0.2, 0.25) is 0 Å². The molecule has 0 heterocycles. The van der Waals surface area contributed by atoms with E-state index in [9.17, 15) is 0 Å². The van der Waals surface area contributed by atoms with Gasteiger partial charge in [0.2, 0.25) is 0 Å². The van der Waals surface area contributed by atoms with Crippen molar-refractivity contribution in [1.29, 1.82) is 0 Å². The van der Waals surface area contributed by atoms with E-state index in [0.29, 0.717) is 5.41 Å². The topological polar surface area (TPSA) is 0 Å². The molecule has 0 N–H and O–H groups in total. The van der Waals surface area contributed by atoms with Crippen molar-refractivity contribution in [3.05, 3.63) is 156 Å². The van der Waals surface area contributed by atoms with E-state index in [1.165, 1.54) is 60.8 Å². The van der Waals surface area contributed by atoms with Crippen LogP contribution in [0.4, 0.5) is 0 Å². The second-order valence-corrected chi connectivity index (χ2v) is 25.7. The molecule has 0 aliphatic heterocycles. The standard InChI is InChI=1S/4C14H22.C10H22.C3H8.C3H6/c4*1-11(2)10-14(12(3)4)13-8-6-5-7-9-13;1-8(2)9(3)7-10(4,5)6;2*1-3-2/h4*5-9,11-12,14H,10H2,1-4H3;8-9H,7H2,1-6H3;3H2,1-2H3;3H,1H2,2H3. The molecule has 0 nitrogen and oxygen atoms in total. The first-order chi connectivity index (χ1) is 33.6. The lowest BCUT2D eigenvalue weighted by atomic mass is 9.81. The van der Waals surface area contributed by atoms with Crippen LogP contribution in [0.5, 0.6) is 0 Å². The molecular formula is C72H124. The van der Waals surface area contributed by atoms with Gasteiger partial charge in [-0.25, -0.2) is 0 Å². The minimum atomic E-state index is 0.504. The van der Waals surface area contributed by atoms with Crippen molar-refractivity contribution in [2.45, 2.75) is 235 Å². The van der Waals surface area contributed by atoms with Crippen molar-refractivity contribution >= 4 is 0 Å². The summed E-state index contributed by atoms with van der Waals surface area (Å²) in [5.74, 6) is 10.6. The molecule has 0 heteroatoms. The lowest BCUT2D eigenvalue weighted by molar-refractivity contribution is 0.260. The molecule has 412 valence electrons. The van der Waals surface area contributed by atoms with Gasteiger partial charge in [-0.05, 0) is 150 Å². The molecule has 4 aromatic rings. The summed E-state index contributed by atoms with van der Waals surface area (Å²) in [5.41, 5.74) is 6.49. The monoisotopic (exact) mass is 989 g/mol. The fourth-order valence-electron chi connectivity index (χ4n) is 9.21. The minimum Gasteiger partial charge on any atom is -0.103 e. The van der Waals surface area contributed by atoms with Gasteiger partial charge in [-0.1, -0.05) is 300 Å². The van der Waals surface area contributed by atoms with Gasteiger partial charge >= 0.3 is 0 Å². The predicted octanol–water partition coefficient (Wildman–Crippen LogP) is 24.2. The van der Waals surface area contributed by atoms with Crippen molar-refractivity contribution in [1.82, 2.24) is 0 Å². The molecule has 4 rings (SSSR count). The minimum absolute atomic E-state index is 0.504. The zero-order valence-electron chi connectivity index (χ0n) is 52.7. The van der Waals surface area contributed by atoms with E-state index in [2.05, 4.69) is 294 Å². The van der Waals surface area contributed by atoms with Crippen LogP contribution in [0.15, 0.2) is 134 Å². The highest BCUT2D eigenvalue weighted by Gasteiger charge is 2.20. The second-order valence-electron chi connectivity index (χ2n) is 25.7. The molecule has 5 unspecified atom stereocenters. The summed E-state index contributed by atoms with van der Waals surface area (Å²) < 4.78 is 0. The average molecular weight is 990 g/mol. The van der Waals surface area contributed by atoms with E-state index < -0.39 is 0 Å². The Labute approximate surface area is 453 Å². The third-order valence-corrected chi connectivity index (χ3v) is 13.1. The maximum absolute atomic E-state index is 3.36. The third kappa shape index (κ3) is 39.1. The highest BCUT2D eigenvalue weighted by molar-refractivity contribution is 5.22. The van der Waals surface area contributed by atoms with E-state index in [-0.39, 0.29) is 0 Å². The Kier molecular flexibility index (Phi) is 43.4. The Morgan fingerprint density at radius 2 is 0.514 bits per heavy atom. The number of hydrogen-bond acceptors (Lipinski definition) is 0. The van der Waals surface area contributed by atoms with Gasteiger partial charge < -0.3 is 0 Å². The predicted molar refractivity (Wildman–Crippen MR) is 334 cm³/mol. The summed E-state index contributed by atoms with van der Waals surface area (Å²) in [7, 11) is 0. The maximum atomic E-state index is 3.36. The Morgan fingerprint density at radius 3 is 0.611 bits per heavy atom. The molecule has 0 radical (unpaired) electrons. The number of benzene rings is 4. The maximum Gasteiger partial charge on any atom is -0.0136 e. The van der Waals surface area contributed by atoms with Gasteiger partial charge in [-0.3, -0.25) is 0 Å². The smallest absolute Gasteiger partial charge is 0.0136 e. The van der Waals surface area contributed by atoms with Crippen LogP contribution in [0.1, 0.15) is 258 Å². The van der Waals surface area contributed by atoms with Crippen molar-refractivity contribution in [2.24, 2.45) is 64.6 Å². The van der Waals surface area contributed by atoms with Gasteiger partial charge in [0.1, 0.15) is 0 Å². The van der Waals surface area contributed by atoms with Crippen molar-refractivity contribution in [2.75, 3.05) is 0 Å². The van der Waals surface area contributed by atoms with E-state index in [0.717, 1.165) is 82.9 Å². The normalized spacial score (nSPS) is 13.2. The van der Waals surface area contributed by atoms with Crippen LogP contribution in [-0.2, 0) is 0 Å². The molecule has 0 aliphatic rings. The molecule has 0 fully saturated rings. The fourth-order valence-corrected chi connectivity index (χ4v) is 9.21. The zero-order chi connectivity index (χ0) is 56.0. The highest BCUT2D eigenvalue weighted by Crippen LogP contribution is 2.34. The Morgan fingerprint density at radius 1 is 0.347 bits per heavy atom. The molecule has 0 aromatic heterocycles. The lowest BCUT2D eigenvalue weighted by Crippen LogP contribution is -2.14. The Balaban J connectivity index is -0.000000806. The van der Waals surface area contributed by atoms with Gasteiger partial charge in [0.05, 0.1) is 0 Å². The first-order valence-corrected chi connectivity index (χ1v) is 29.4. The number of allylic oxidation sites excluding steroid dienone is 1. The molecular weight excluding hydrogens is 865 g/mol. The molecule has 0 saturated heterocycles. The van der Waals surface area contributed by atoms with Crippen molar-refractivity contribution in [3.8, 4) is 0 Å². The summed E-state index contributed by atoms with van der Waals surface area (Å²) in [6.45, 7) is 60.4. The fraction of sp³-hybridized carbons (Fsp3) is 0.639. The van der Waals surface area contributed by atoms with Crippen LogP contribution in [0, 0.1) is 64.6 Å². The molecule has 0 aliphatic carbocycles. The zero-order valence-corrected chi connectivity index (χ0v) is 52.7. The quantitative estimate of drug-likeness (QED) is 0.0872. The Bertz CT molecular complexity index is 1490.